The van der Waals surface area contributed by atoms with Gasteiger partial charge in [-0.05, 0) is 6.92 Å². The minimum absolute atomic E-state index is 0. The Morgan fingerprint density at radius 3 is 1.88 bits per heavy atom. The molecule has 17 heavy (non-hydrogen) atoms. The largest absolute Gasteiger partial charge is 1.00 e. The van der Waals surface area contributed by atoms with E-state index in [1.807, 2.05) is 21.1 Å². The van der Waals surface area contributed by atoms with Crippen LogP contribution in [0.25, 0.3) is 0 Å². The van der Waals surface area contributed by atoms with Crippen molar-refractivity contribution in [2.45, 2.75) is 19.8 Å². The van der Waals surface area contributed by atoms with E-state index in [0.29, 0.717) is 13.2 Å². The molecule has 0 aliphatic carbocycles. The minimum Gasteiger partial charge on any atom is -1.00 e. The fourth-order valence-electron chi connectivity index (χ4n) is 0.943. The smallest absolute Gasteiger partial charge is 0.306 e. The Morgan fingerprint density at radius 1 is 1.00 bits per heavy atom. The van der Waals surface area contributed by atoms with Crippen molar-refractivity contribution < 1.29 is 47.5 Å². The van der Waals surface area contributed by atoms with Gasteiger partial charge in [-0.15, -0.1) is 0 Å². The van der Waals surface area contributed by atoms with E-state index in [4.69, 9.17) is 9.47 Å². The van der Waals surface area contributed by atoms with Crippen molar-refractivity contribution in [1.29, 1.82) is 0 Å². The molecule has 0 fully saturated rings. The summed E-state index contributed by atoms with van der Waals surface area (Å²) in [5, 5.41) is 0. The van der Waals surface area contributed by atoms with E-state index in [1.165, 1.54) is 0 Å². The van der Waals surface area contributed by atoms with Gasteiger partial charge in [0.25, 0.3) is 0 Å². The molecule has 0 heterocycles. The van der Waals surface area contributed by atoms with Gasteiger partial charge in [-0.25, -0.2) is 0 Å². The number of hydrogen-bond donors (Lipinski definition) is 0. The molecule has 0 saturated carbocycles. The van der Waals surface area contributed by atoms with E-state index in [-0.39, 0.29) is 48.8 Å². The van der Waals surface area contributed by atoms with Crippen LogP contribution in [0, 0.1) is 0 Å². The first kappa shape index (κ1) is 19.0. The first-order valence-corrected chi connectivity index (χ1v) is 5.47. The minimum atomic E-state index is -0.356. The lowest BCUT2D eigenvalue weighted by Gasteiger charge is -2.23. The van der Waals surface area contributed by atoms with Gasteiger partial charge in [0.05, 0.1) is 40.6 Å². The summed E-state index contributed by atoms with van der Waals surface area (Å²) in [7, 11) is 6.06. The molecule has 102 valence electrons. The lowest BCUT2D eigenvalue weighted by Crippen LogP contribution is -3.00. The molecule has 0 bridgehead atoms. The van der Waals surface area contributed by atoms with Crippen molar-refractivity contribution in [1.82, 2.24) is 0 Å². The van der Waals surface area contributed by atoms with Gasteiger partial charge in [0, 0.05) is 0 Å². The fourth-order valence-corrected chi connectivity index (χ4v) is 0.943. The van der Waals surface area contributed by atoms with E-state index < -0.39 is 0 Å². The van der Waals surface area contributed by atoms with Gasteiger partial charge in [-0.1, -0.05) is 0 Å². The van der Waals surface area contributed by atoms with Crippen molar-refractivity contribution in [2.75, 3.05) is 40.9 Å². The molecule has 0 rings (SSSR count). The van der Waals surface area contributed by atoms with E-state index in [2.05, 4.69) is 0 Å². The molecular weight excluding hydrogens is 337 g/mol. The molecule has 0 unspecified atom stereocenters. The predicted octanol–water partition coefficient (Wildman–Crippen LogP) is -2.42. The molecular formula is C11H22INO4. The van der Waals surface area contributed by atoms with Crippen molar-refractivity contribution in [3.05, 3.63) is 0 Å². The summed E-state index contributed by atoms with van der Waals surface area (Å²) in [6.45, 7) is 3.21. The number of rotatable bonds is 7. The SMILES string of the molecule is CCOC(=O)CCC(=O)OCC[N+](C)(C)C.[I-]. The molecule has 0 radical (unpaired) electrons. The highest BCUT2D eigenvalue weighted by Gasteiger charge is 2.11. The third-order valence-corrected chi connectivity index (χ3v) is 1.86. The number of carbonyl (C=O) groups is 2. The highest BCUT2D eigenvalue weighted by Crippen LogP contribution is 1.97. The van der Waals surface area contributed by atoms with Crippen LogP contribution in [-0.4, -0.2) is 57.3 Å². The average molecular weight is 359 g/mol. The predicted molar refractivity (Wildman–Crippen MR) is 59.7 cm³/mol. The third-order valence-electron chi connectivity index (χ3n) is 1.86. The first-order chi connectivity index (χ1) is 7.35. The van der Waals surface area contributed by atoms with Gasteiger partial charge >= 0.3 is 11.9 Å². The molecule has 0 amide bonds. The molecule has 0 spiro atoms. The van der Waals surface area contributed by atoms with Crippen LogP contribution in [0.1, 0.15) is 19.8 Å². The normalized spacial score (nSPS) is 10.4. The van der Waals surface area contributed by atoms with Crippen LogP contribution in [0.4, 0.5) is 0 Å². The Kier molecular flexibility index (Phi) is 10.8. The lowest BCUT2D eigenvalue weighted by atomic mass is 10.3. The fraction of sp³-hybridized carbons (Fsp3) is 0.818. The van der Waals surface area contributed by atoms with Crippen LogP contribution >= 0.6 is 0 Å². The molecule has 0 saturated heterocycles. The zero-order valence-corrected chi connectivity index (χ0v) is 13.2. The summed E-state index contributed by atoms with van der Waals surface area (Å²) in [5.74, 6) is -0.701. The number of hydrogen-bond acceptors (Lipinski definition) is 4. The number of ether oxygens (including phenoxy) is 2. The molecule has 6 heteroatoms. The molecule has 0 aliphatic rings. The van der Waals surface area contributed by atoms with Gasteiger partial charge in [0.2, 0.25) is 0 Å². The van der Waals surface area contributed by atoms with Crippen molar-refractivity contribution in [3.8, 4) is 0 Å². The molecule has 0 aliphatic heterocycles. The average Bonchev–Trinajstić information content (AvgIpc) is 2.13. The maximum absolute atomic E-state index is 11.2. The van der Waals surface area contributed by atoms with Crippen molar-refractivity contribution in [3.63, 3.8) is 0 Å². The second kappa shape index (κ2) is 9.64. The van der Waals surface area contributed by atoms with Crippen LogP contribution in [0.15, 0.2) is 0 Å². The quantitative estimate of drug-likeness (QED) is 0.289. The van der Waals surface area contributed by atoms with Gasteiger partial charge in [-0.3, -0.25) is 9.59 Å². The number of likely N-dealkylation sites (N-methyl/N-ethyl adjacent to an activating group) is 1. The summed E-state index contributed by atoms with van der Waals surface area (Å²) in [6, 6.07) is 0. The van der Waals surface area contributed by atoms with Crippen LogP contribution in [0.5, 0.6) is 0 Å². The Hall–Kier alpha value is -0.370. The van der Waals surface area contributed by atoms with Gasteiger partial charge < -0.3 is 37.9 Å². The number of carbonyl (C=O) groups excluding carboxylic acids is 2. The maximum Gasteiger partial charge on any atom is 0.306 e. The summed E-state index contributed by atoms with van der Waals surface area (Å²) >= 11 is 0. The van der Waals surface area contributed by atoms with Crippen molar-refractivity contribution >= 4 is 11.9 Å². The van der Waals surface area contributed by atoms with E-state index >= 15 is 0 Å². The van der Waals surface area contributed by atoms with Crippen LogP contribution < -0.4 is 24.0 Å². The molecule has 5 nitrogen and oxygen atoms in total. The van der Waals surface area contributed by atoms with Gasteiger partial charge in [0.15, 0.2) is 0 Å². The second-order valence-corrected chi connectivity index (χ2v) is 4.54. The summed E-state index contributed by atoms with van der Waals surface area (Å²) in [5.41, 5.74) is 0. The number of esters is 2. The lowest BCUT2D eigenvalue weighted by molar-refractivity contribution is -0.870. The van der Waals surface area contributed by atoms with E-state index in [0.717, 1.165) is 11.0 Å². The summed E-state index contributed by atoms with van der Waals surface area (Å²) in [6.07, 6.45) is 0.188. The third kappa shape index (κ3) is 13.6. The summed E-state index contributed by atoms with van der Waals surface area (Å²) < 4.78 is 10.4. The van der Waals surface area contributed by atoms with Gasteiger partial charge in [-0.2, -0.15) is 0 Å². The van der Waals surface area contributed by atoms with E-state index in [1.54, 1.807) is 6.92 Å². The molecule has 0 aromatic carbocycles. The Labute approximate surface area is 120 Å². The second-order valence-electron chi connectivity index (χ2n) is 4.54. The zero-order valence-electron chi connectivity index (χ0n) is 11.0. The Bertz CT molecular complexity index is 238. The zero-order chi connectivity index (χ0) is 12.6. The van der Waals surface area contributed by atoms with Gasteiger partial charge in [0.1, 0.15) is 13.2 Å². The Balaban J connectivity index is 0. The highest BCUT2D eigenvalue weighted by atomic mass is 127. The Morgan fingerprint density at radius 2 is 1.47 bits per heavy atom. The van der Waals surface area contributed by atoms with Crippen LogP contribution in [0.2, 0.25) is 0 Å². The standard InChI is InChI=1S/C11H22NO4.HI/c1-5-15-10(13)6-7-11(14)16-9-8-12(2,3)4;/h5-9H2,1-4H3;1H/q+1;/p-1. The highest BCUT2D eigenvalue weighted by molar-refractivity contribution is 5.77. The van der Waals surface area contributed by atoms with E-state index in [9.17, 15) is 9.59 Å². The first-order valence-electron chi connectivity index (χ1n) is 5.47. The molecule has 0 aromatic rings. The van der Waals surface area contributed by atoms with Crippen molar-refractivity contribution in [2.24, 2.45) is 0 Å². The van der Waals surface area contributed by atoms with Crippen LogP contribution in [0.3, 0.4) is 0 Å². The topological polar surface area (TPSA) is 52.6 Å². The molecule has 0 atom stereocenters. The summed E-state index contributed by atoms with van der Waals surface area (Å²) in [4.78, 5) is 22.1. The number of nitrogens with zero attached hydrogens (tertiary/aromatic N) is 1. The molecule has 0 N–H and O–H groups in total. The number of quaternary nitrogens is 1. The number of halogens is 1. The molecule has 0 aromatic heterocycles. The van der Waals surface area contributed by atoms with Crippen LogP contribution in [-0.2, 0) is 19.1 Å². The monoisotopic (exact) mass is 359 g/mol. The maximum atomic E-state index is 11.2.